The second-order valence-corrected chi connectivity index (χ2v) is 8.89. The summed E-state index contributed by atoms with van der Waals surface area (Å²) in [5.74, 6) is -0.174. The zero-order valence-corrected chi connectivity index (χ0v) is 17.9. The number of alkyl halides is 1. The minimum Gasteiger partial charge on any atom is -0.207 e. The monoisotopic (exact) mass is 450 g/mol. The first-order chi connectivity index (χ1) is 13.8. The van der Waals surface area contributed by atoms with Crippen molar-refractivity contribution in [1.29, 1.82) is 0 Å². The van der Waals surface area contributed by atoms with Gasteiger partial charge in [-0.25, -0.2) is 4.39 Å². The van der Waals surface area contributed by atoms with Gasteiger partial charge in [-0.2, -0.15) is 0 Å². The Morgan fingerprint density at radius 2 is 1.00 bits per heavy atom. The topological polar surface area (TPSA) is 0 Å². The molecule has 0 fully saturated rings. The Morgan fingerprint density at radius 3 is 1.32 bits per heavy atom. The van der Waals surface area contributed by atoms with Crippen molar-refractivity contribution in [2.45, 2.75) is 5.33 Å². The molecule has 0 bridgehead atoms. The number of rotatable bonds is 4. The van der Waals surface area contributed by atoms with E-state index in [2.05, 4.69) is 107 Å². The van der Waals surface area contributed by atoms with Crippen LogP contribution in [0.15, 0.2) is 115 Å². The molecule has 0 amide bonds. The standard InChI is InChI=1S/C18H15P.C7H6BrF/c1-4-10-16(11-5-1)19(17-12-6-2-7-13-17)18-14-8-3-9-15-18;8-5-6-2-1-3-7(9)4-6/h1-15H;1-4H,5H2. The lowest BCUT2D eigenvalue weighted by Crippen LogP contribution is -2.20. The van der Waals surface area contributed by atoms with Crippen LogP contribution in [0.2, 0.25) is 0 Å². The predicted octanol–water partition coefficient (Wildman–Crippen LogP) is 6.17. The van der Waals surface area contributed by atoms with E-state index < -0.39 is 7.92 Å². The van der Waals surface area contributed by atoms with Crippen LogP contribution in [0.5, 0.6) is 0 Å². The second-order valence-electron chi connectivity index (χ2n) is 6.11. The third-order valence-electron chi connectivity index (χ3n) is 4.09. The highest BCUT2D eigenvalue weighted by Crippen LogP contribution is 2.32. The molecule has 0 aliphatic rings. The van der Waals surface area contributed by atoms with Crippen molar-refractivity contribution in [3.63, 3.8) is 0 Å². The van der Waals surface area contributed by atoms with Crippen molar-refractivity contribution >= 4 is 39.8 Å². The molecular weight excluding hydrogens is 430 g/mol. The minimum absolute atomic E-state index is 0.174. The van der Waals surface area contributed by atoms with Crippen LogP contribution in [0, 0.1) is 5.82 Å². The Kier molecular flexibility index (Phi) is 7.96. The molecule has 0 saturated heterocycles. The van der Waals surface area contributed by atoms with Gasteiger partial charge in [-0.15, -0.1) is 0 Å². The number of halogens is 2. The van der Waals surface area contributed by atoms with E-state index >= 15 is 0 Å². The molecule has 0 saturated carbocycles. The van der Waals surface area contributed by atoms with Crippen LogP contribution in [-0.4, -0.2) is 0 Å². The molecular formula is C25H21BrFP. The van der Waals surface area contributed by atoms with E-state index in [1.54, 1.807) is 6.07 Å². The summed E-state index contributed by atoms with van der Waals surface area (Å²) in [6.45, 7) is 0. The SMILES string of the molecule is Fc1cccc(CBr)c1.c1ccc(P(c2ccccc2)c2ccccc2)cc1. The zero-order chi connectivity index (χ0) is 19.6. The maximum atomic E-state index is 12.3. The van der Waals surface area contributed by atoms with Gasteiger partial charge in [-0.1, -0.05) is 119 Å². The third-order valence-corrected chi connectivity index (χ3v) is 7.18. The summed E-state index contributed by atoms with van der Waals surface area (Å²) in [7, 11) is -0.446. The summed E-state index contributed by atoms with van der Waals surface area (Å²) in [4.78, 5) is 0. The maximum absolute atomic E-state index is 12.3. The van der Waals surface area contributed by atoms with Crippen LogP contribution in [0.1, 0.15) is 5.56 Å². The van der Waals surface area contributed by atoms with Gasteiger partial charge in [0.25, 0.3) is 0 Å². The van der Waals surface area contributed by atoms with E-state index in [0.717, 1.165) is 5.56 Å². The fourth-order valence-corrected chi connectivity index (χ4v) is 5.45. The predicted molar refractivity (Wildman–Crippen MR) is 124 cm³/mol. The minimum atomic E-state index is -0.446. The molecule has 0 spiro atoms. The molecule has 0 nitrogen and oxygen atoms in total. The van der Waals surface area contributed by atoms with Crippen LogP contribution in [-0.2, 0) is 5.33 Å². The van der Waals surface area contributed by atoms with Gasteiger partial charge in [0.05, 0.1) is 0 Å². The molecule has 0 unspecified atom stereocenters. The van der Waals surface area contributed by atoms with Gasteiger partial charge >= 0.3 is 0 Å². The summed E-state index contributed by atoms with van der Waals surface area (Å²) >= 11 is 3.22. The molecule has 3 heteroatoms. The van der Waals surface area contributed by atoms with Crippen LogP contribution in [0.25, 0.3) is 0 Å². The fourth-order valence-electron chi connectivity index (χ4n) is 2.80. The van der Waals surface area contributed by atoms with Crippen molar-refractivity contribution in [3.8, 4) is 0 Å². The first kappa shape index (κ1) is 20.5. The molecule has 140 valence electrons. The average molecular weight is 451 g/mol. The molecule has 4 rings (SSSR count). The zero-order valence-electron chi connectivity index (χ0n) is 15.4. The van der Waals surface area contributed by atoms with Crippen molar-refractivity contribution in [2.75, 3.05) is 0 Å². The summed E-state index contributed by atoms with van der Waals surface area (Å²) in [6.07, 6.45) is 0. The van der Waals surface area contributed by atoms with Crippen LogP contribution in [0.3, 0.4) is 0 Å². The molecule has 4 aromatic rings. The Morgan fingerprint density at radius 1 is 0.571 bits per heavy atom. The van der Waals surface area contributed by atoms with Crippen molar-refractivity contribution < 1.29 is 4.39 Å². The van der Waals surface area contributed by atoms with Gasteiger partial charge in [0, 0.05) is 5.33 Å². The third kappa shape index (κ3) is 5.86. The summed E-state index contributed by atoms with van der Waals surface area (Å²) in [5, 5.41) is 4.91. The lowest BCUT2D eigenvalue weighted by Gasteiger charge is -2.18. The lowest BCUT2D eigenvalue weighted by atomic mass is 10.2. The maximum Gasteiger partial charge on any atom is 0.123 e. The highest BCUT2D eigenvalue weighted by molar-refractivity contribution is 9.08. The van der Waals surface area contributed by atoms with E-state index in [9.17, 15) is 4.39 Å². The van der Waals surface area contributed by atoms with E-state index in [0.29, 0.717) is 5.33 Å². The Labute approximate surface area is 176 Å². The average Bonchev–Trinajstić information content (AvgIpc) is 2.77. The van der Waals surface area contributed by atoms with Crippen molar-refractivity contribution in [2.24, 2.45) is 0 Å². The normalized spacial score (nSPS) is 10.2. The van der Waals surface area contributed by atoms with Crippen molar-refractivity contribution in [3.05, 3.63) is 127 Å². The smallest absolute Gasteiger partial charge is 0.123 e. The molecule has 0 radical (unpaired) electrons. The first-order valence-electron chi connectivity index (χ1n) is 9.03. The highest BCUT2D eigenvalue weighted by atomic mass is 79.9. The summed E-state index contributed by atoms with van der Waals surface area (Å²) in [5.41, 5.74) is 0.968. The van der Waals surface area contributed by atoms with Gasteiger partial charge in [0.1, 0.15) is 5.82 Å². The number of hydrogen-bond donors (Lipinski definition) is 0. The summed E-state index contributed by atoms with van der Waals surface area (Å²) in [6, 6.07) is 38.8. The molecule has 0 N–H and O–H groups in total. The van der Waals surface area contributed by atoms with Gasteiger partial charge < -0.3 is 0 Å². The van der Waals surface area contributed by atoms with Gasteiger partial charge in [-0.3, -0.25) is 0 Å². The summed E-state index contributed by atoms with van der Waals surface area (Å²) < 4.78 is 12.3. The molecule has 0 aromatic heterocycles. The Hall–Kier alpha value is -2.28. The Bertz CT molecular complexity index is 865. The molecule has 0 atom stereocenters. The molecule has 4 aromatic carbocycles. The van der Waals surface area contributed by atoms with Gasteiger partial charge in [-0.05, 0) is 41.5 Å². The lowest BCUT2D eigenvalue weighted by molar-refractivity contribution is 0.626. The second kappa shape index (κ2) is 10.9. The van der Waals surface area contributed by atoms with E-state index in [-0.39, 0.29) is 5.82 Å². The molecule has 28 heavy (non-hydrogen) atoms. The van der Waals surface area contributed by atoms with Crippen LogP contribution >= 0.6 is 23.9 Å². The molecule has 0 heterocycles. The van der Waals surface area contributed by atoms with E-state index in [1.165, 1.54) is 28.0 Å². The fraction of sp³-hybridized carbons (Fsp3) is 0.0400. The molecule has 0 aliphatic heterocycles. The van der Waals surface area contributed by atoms with Gasteiger partial charge in [0.15, 0.2) is 0 Å². The molecule has 0 aliphatic carbocycles. The highest BCUT2D eigenvalue weighted by Gasteiger charge is 2.14. The Balaban J connectivity index is 0.000000211. The van der Waals surface area contributed by atoms with E-state index in [1.807, 2.05) is 6.07 Å². The van der Waals surface area contributed by atoms with E-state index in [4.69, 9.17) is 0 Å². The number of benzene rings is 4. The quantitative estimate of drug-likeness (QED) is 0.257. The van der Waals surface area contributed by atoms with Gasteiger partial charge in [0.2, 0.25) is 0 Å². The number of hydrogen-bond acceptors (Lipinski definition) is 0. The van der Waals surface area contributed by atoms with Crippen LogP contribution < -0.4 is 15.9 Å². The largest absolute Gasteiger partial charge is 0.207 e. The first-order valence-corrected chi connectivity index (χ1v) is 11.5. The van der Waals surface area contributed by atoms with Crippen molar-refractivity contribution in [1.82, 2.24) is 0 Å². The van der Waals surface area contributed by atoms with Crippen LogP contribution in [0.4, 0.5) is 4.39 Å².